The molecule has 4 nitrogen and oxygen atoms in total. The molecular formula is C18H24N2O2S. The smallest absolute Gasteiger partial charge is 0.250 e. The number of amides is 2. The quantitative estimate of drug-likeness (QED) is 0.915. The van der Waals surface area contributed by atoms with Crippen LogP contribution in [0.2, 0.25) is 0 Å². The molecule has 2 aliphatic rings. The summed E-state index contributed by atoms with van der Waals surface area (Å²) in [4.78, 5) is 27.3. The molecule has 1 aromatic rings. The molecule has 0 saturated heterocycles. The molecule has 1 aromatic carbocycles. The van der Waals surface area contributed by atoms with Crippen molar-refractivity contribution < 1.29 is 9.59 Å². The van der Waals surface area contributed by atoms with Crippen molar-refractivity contribution in [1.82, 2.24) is 0 Å². The second-order valence-electron chi connectivity index (χ2n) is 6.89. The van der Waals surface area contributed by atoms with Crippen LogP contribution in [0.4, 0.5) is 11.4 Å². The zero-order valence-corrected chi connectivity index (χ0v) is 14.8. The lowest BCUT2D eigenvalue weighted by molar-refractivity contribution is -0.126. The molecular weight excluding hydrogens is 308 g/mol. The van der Waals surface area contributed by atoms with Gasteiger partial charge in [0, 0.05) is 5.25 Å². The van der Waals surface area contributed by atoms with Crippen LogP contribution in [0, 0.1) is 0 Å². The summed E-state index contributed by atoms with van der Waals surface area (Å²) in [5.74, 6) is -0.114. The van der Waals surface area contributed by atoms with Crippen molar-refractivity contribution in [2.75, 3.05) is 10.2 Å². The van der Waals surface area contributed by atoms with Crippen molar-refractivity contribution in [3.05, 3.63) is 24.3 Å². The molecule has 1 atom stereocenters. The minimum atomic E-state index is -0.879. The van der Waals surface area contributed by atoms with Gasteiger partial charge in [-0.05, 0) is 45.7 Å². The van der Waals surface area contributed by atoms with Crippen molar-refractivity contribution in [2.24, 2.45) is 0 Å². The second-order valence-corrected chi connectivity index (χ2v) is 8.53. The Kier molecular flexibility index (Phi) is 4.41. The fourth-order valence-electron chi connectivity index (χ4n) is 3.40. The van der Waals surface area contributed by atoms with Crippen molar-refractivity contribution in [3.63, 3.8) is 0 Å². The Balaban J connectivity index is 1.88. The SMILES string of the molecule is CC(SC1CCCC1)C(=O)N1c2ccccc2NC(=O)C1(C)C. The van der Waals surface area contributed by atoms with Crippen LogP contribution in [0.1, 0.15) is 46.5 Å². The van der Waals surface area contributed by atoms with Gasteiger partial charge in [0.05, 0.1) is 16.6 Å². The minimum absolute atomic E-state index is 0.0224. The fraction of sp³-hybridized carbons (Fsp3) is 0.556. The monoisotopic (exact) mass is 332 g/mol. The highest BCUT2D eigenvalue weighted by molar-refractivity contribution is 8.01. The van der Waals surface area contributed by atoms with Gasteiger partial charge >= 0.3 is 0 Å². The molecule has 0 spiro atoms. The molecule has 1 aliphatic carbocycles. The van der Waals surface area contributed by atoms with Gasteiger partial charge < -0.3 is 5.32 Å². The van der Waals surface area contributed by atoms with Gasteiger partial charge in [-0.15, -0.1) is 11.8 Å². The zero-order chi connectivity index (χ0) is 16.6. The van der Waals surface area contributed by atoms with Crippen LogP contribution in [0.5, 0.6) is 0 Å². The number of fused-ring (bicyclic) bond motifs is 1. The van der Waals surface area contributed by atoms with E-state index in [0.29, 0.717) is 10.9 Å². The van der Waals surface area contributed by atoms with Crippen molar-refractivity contribution in [1.29, 1.82) is 0 Å². The largest absolute Gasteiger partial charge is 0.322 e. The summed E-state index contributed by atoms with van der Waals surface area (Å²) in [5, 5.41) is 3.34. The summed E-state index contributed by atoms with van der Waals surface area (Å²) < 4.78 is 0. The lowest BCUT2D eigenvalue weighted by Gasteiger charge is -2.43. The molecule has 23 heavy (non-hydrogen) atoms. The van der Waals surface area contributed by atoms with Gasteiger partial charge in [0.25, 0.3) is 0 Å². The fourth-order valence-corrected chi connectivity index (χ4v) is 4.80. The van der Waals surface area contributed by atoms with Crippen LogP contribution < -0.4 is 10.2 Å². The van der Waals surface area contributed by atoms with Crippen LogP contribution in [0.25, 0.3) is 0 Å². The molecule has 1 N–H and O–H groups in total. The molecule has 0 radical (unpaired) electrons. The number of thioether (sulfide) groups is 1. The van der Waals surface area contributed by atoms with E-state index in [-0.39, 0.29) is 17.1 Å². The van der Waals surface area contributed by atoms with Crippen LogP contribution in [0.3, 0.4) is 0 Å². The number of nitrogens with zero attached hydrogens (tertiary/aromatic N) is 1. The van der Waals surface area contributed by atoms with E-state index in [0.717, 1.165) is 5.69 Å². The third kappa shape index (κ3) is 2.99. The Hall–Kier alpha value is -1.49. The molecule has 1 saturated carbocycles. The topological polar surface area (TPSA) is 49.4 Å². The summed E-state index contributed by atoms with van der Waals surface area (Å²) in [5.41, 5.74) is 0.625. The highest BCUT2D eigenvalue weighted by atomic mass is 32.2. The number of para-hydroxylation sites is 2. The van der Waals surface area contributed by atoms with E-state index in [1.807, 2.05) is 45.0 Å². The second kappa shape index (κ2) is 6.19. The summed E-state index contributed by atoms with van der Waals surface area (Å²) in [6.07, 6.45) is 4.92. The number of rotatable bonds is 3. The van der Waals surface area contributed by atoms with E-state index in [1.165, 1.54) is 25.7 Å². The van der Waals surface area contributed by atoms with Crippen LogP contribution in [0.15, 0.2) is 24.3 Å². The summed E-state index contributed by atoms with van der Waals surface area (Å²) in [7, 11) is 0. The van der Waals surface area contributed by atoms with Crippen molar-refractivity contribution in [2.45, 2.75) is 62.5 Å². The molecule has 1 heterocycles. The molecule has 5 heteroatoms. The molecule has 3 rings (SSSR count). The molecule has 1 fully saturated rings. The van der Waals surface area contributed by atoms with Gasteiger partial charge in [0.1, 0.15) is 5.54 Å². The Morgan fingerprint density at radius 2 is 1.96 bits per heavy atom. The van der Waals surface area contributed by atoms with Gasteiger partial charge in [0.2, 0.25) is 11.8 Å². The minimum Gasteiger partial charge on any atom is -0.322 e. The molecule has 124 valence electrons. The highest BCUT2D eigenvalue weighted by Gasteiger charge is 2.45. The van der Waals surface area contributed by atoms with Crippen LogP contribution in [-0.2, 0) is 9.59 Å². The predicted octanol–water partition coefficient (Wildman–Crippen LogP) is 3.81. The Bertz CT molecular complexity index is 623. The first-order valence-electron chi connectivity index (χ1n) is 8.31. The number of hydrogen-bond donors (Lipinski definition) is 1. The van der Waals surface area contributed by atoms with Crippen LogP contribution in [-0.4, -0.2) is 27.9 Å². The number of carbonyl (C=O) groups is 2. The van der Waals surface area contributed by atoms with Crippen LogP contribution >= 0.6 is 11.8 Å². The van der Waals surface area contributed by atoms with E-state index in [1.54, 1.807) is 16.7 Å². The number of hydrogen-bond acceptors (Lipinski definition) is 3. The molecule has 2 amide bonds. The van der Waals surface area contributed by atoms with Crippen molar-refractivity contribution in [3.8, 4) is 0 Å². The maximum Gasteiger partial charge on any atom is 0.250 e. The summed E-state index contributed by atoms with van der Waals surface area (Å²) in [6, 6.07) is 7.52. The summed E-state index contributed by atoms with van der Waals surface area (Å²) >= 11 is 1.76. The van der Waals surface area contributed by atoms with Gasteiger partial charge in [0.15, 0.2) is 0 Å². The van der Waals surface area contributed by atoms with Gasteiger partial charge in [-0.1, -0.05) is 25.0 Å². The molecule has 1 aliphatic heterocycles. The number of benzene rings is 1. The van der Waals surface area contributed by atoms with E-state index in [2.05, 4.69) is 5.32 Å². The first-order chi connectivity index (χ1) is 10.9. The Morgan fingerprint density at radius 1 is 1.30 bits per heavy atom. The zero-order valence-electron chi connectivity index (χ0n) is 14.0. The molecule has 0 aromatic heterocycles. The first-order valence-corrected chi connectivity index (χ1v) is 9.25. The maximum absolute atomic E-state index is 13.1. The lowest BCUT2D eigenvalue weighted by Crippen LogP contribution is -2.60. The Morgan fingerprint density at radius 3 is 2.65 bits per heavy atom. The average Bonchev–Trinajstić information content (AvgIpc) is 3.00. The normalized spacial score (nSPS) is 21.7. The van der Waals surface area contributed by atoms with E-state index in [4.69, 9.17) is 0 Å². The summed E-state index contributed by atoms with van der Waals surface area (Å²) in [6.45, 7) is 5.59. The van der Waals surface area contributed by atoms with Gasteiger partial charge in [-0.25, -0.2) is 0 Å². The highest BCUT2D eigenvalue weighted by Crippen LogP contribution is 2.39. The first kappa shape index (κ1) is 16.4. The Labute approximate surface area is 142 Å². The number of carbonyl (C=O) groups excluding carboxylic acids is 2. The lowest BCUT2D eigenvalue weighted by atomic mass is 9.96. The van der Waals surface area contributed by atoms with Gasteiger partial charge in [-0.2, -0.15) is 0 Å². The maximum atomic E-state index is 13.1. The van der Waals surface area contributed by atoms with Gasteiger partial charge in [-0.3, -0.25) is 14.5 Å². The van der Waals surface area contributed by atoms with E-state index < -0.39 is 5.54 Å². The van der Waals surface area contributed by atoms with E-state index >= 15 is 0 Å². The molecule has 0 bridgehead atoms. The third-order valence-electron chi connectivity index (χ3n) is 4.77. The predicted molar refractivity (Wildman–Crippen MR) is 95.9 cm³/mol. The van der Waals surface area contributed by atoms with Crippen molar-refractivity contribution >= 4 is 35.0 Å². The molecule has 1 unspecified atom stereocenters. The number of nitrogens with one attached hydrogen (secondary N) is 1. The number of anilines is 2. The standard InChI is InChI=1S/C18H24N2O2S/c1-12(23-13-8-4-5-9-13)16(21)20-15-11-7-6-10-14(15)19-17(22)18(20,2)3/h6-7,10-13H,4-5,8-9H2,1-3H3,(H,19,22). The average molecular weight is 332 g/mol. The van der Waals surface area contributed by atoms with E-state index in [9.17, 15) is 9.59 Å². The third-order valence-corrected chi connectivity index (χ3v) is 6.24.